The van der Waals surface area contributed by atoms with Gasteiger partial charge in [0.25, 0.3) is 0 Å². The van der Waals surface area contributed by atoms with Crippen molar-refractivity contribution >= 4 is 56.2 Å². The predicted octanol–water partition coefficient (Wildman–Crippen LogP) is 5.85. The third-order valence-electron chi connectivity index (χ3n) is 3.34. The van der Waals surface area contributed by atoms with Crippen molar-refractivity contribution in [1.29, 1.82) is 0 Å². The molecule has 2 aromatic rings. The third-order valence-corrected chi connectivity index (χ3v) is 5.41. The topological polar surface area (TPSA) is 67.8 Å². The van der Waals surface area contributed by atoms with Crippen LogP contribution in [0.1, 0.15) is 18.1 Å². The Morgan fingerprint density at radius 3 is 2.39 bits per heavy atom. The lowest BCUT2D eigenvalue weighted by atomic mass is 10.1. The van der Waals surface area contributed by atoms with Crippen molar-refractivity contribution in [2.24, 2.45) is 5.16 Å². The average molecular weight is 476 g/mol. The molecule has 2 rings (SSSR count). The standard InChI is InChI=1S/C16H12Cl3F3N2O3S/c1-9(23-27-8-10-2-4-13(18)14(19)6-10)12-7-11(17)3-5-15(12)24-28(25,26)16(20,21)22/h2-7,24H,8H2,1H3. The Morgan fingerprint density at radius 2 is 1.79 bits per heavy atom. The van der Waals surface area contributed by atoms with Gasteiger partial charge in [-0.1, -0.05) is 46.0 Å². The molecule has 152 valence electrons. The van der Waals surface area contributed by atoms with Crippen molar-refractivity contribution in [1.82, 2.24) is 0 Å². The minimum absolute atomic E-state index is 0.00158. The maximum Gasteiger partial charge on any atom is 0.516 e. The van der Waals surface area contributed by atoms with Gasteiger partial charge in [-0.15, -0.1) is 0 Å². The zero-order chi connectivity index (χ0) is 21.1. The summed E-state index contributed by atoms with van der Waals surface area (Å²) in [6, 6.07) is 8.39. The molecule has 12 heteroatoms. The second-order valence-corrected chi connectivity index (χ2v) is 8.36. The fourth-order valence-corrected chi connectivity index (χ4v) is 3.07. The Hall–Kier alpha value is -1.68. The van der Waals surface area contributed by atoms with Crippen LogP contribution in [-0.4, -0.2) is 19.6 Å². The fraction of sp³-hybridized carbons (Fsp3) is 0.188. The van der Waals surface area contributed by atoms with Crippen LogP contribution in [0.15, 0.2) is 41.6 Å². The van der Waals surface area contributed by atoms with E-state index in [4.69, 9.17) is 39.6 Å². The fourth-order valence-electron chi connectivity index (χ4n) is 1.99. The van der Waals surface area contributed by atoms with E-state index >= 15 is 0 Å². The van der Waals surface area contributed by atoms with Crippen LogP contribution in [0.5, 0.6) is 0 Å². The summed E-state index contributed by atoms with van der Waals surface area (Å²) in [6.07, 6.45) is 0. The van der Waals surface area contributed by atoms with Gasteiger partial charge in [-0.05, 0) is 42.8 Å². The summed E-state index contributed by atoms with van der Waals surface area (Å²) in [5.41, 5.74) is -5.05. The lowest BCUT2D eigenvalue weighted by molar-refractivity contribution is -0.0429. The number of alkyl halides is 3. The summed E-state index contributed by atoms with van der Waals surface area (Å²) in [5, 5.41) is 4.66. The number of sulfonamides is 1. The predicted molar refractivity (Wildman–Crippen MR) is 104 cm³/mol. The highest BCUT2D eigenvalue weighted by atomic mass is 35.5. The van der Waals surface area contributed by atoms with E-state index in [1.54, 1.807) is 18.2 Å². The molecular weight excluding hydrogens is 464 g/mol. The molecule has 0 aliphatic heterocycles. The zero-order valence-electron chi connectivity index (χ0n) is 14.0. The summed E-state index contributed by atoms with van der Waals surface area (Å²) in [5.74, 6) is 0. The molecule has 0 spiro atoms. The van der Waals surface area contributed by atoms with E-state index in [0.717, 1.165) is 6.07 Å². The maximum atomic E-state index is 12.6. The van der Waals surface area contributed by atoms with Crippen molar-refractivity contribution in [3.05, 3.63) is 62.6 Å². The highest BCUT2D eigenvalue weighted by Crippen LogP contribution is 2.29. The van der Waals surface area contributed by atoms with Gasteiger partial charge in [-0.25, -0.2) is 0 Å². The molecular formula is C16H12Cl3F3N2O3S. The van der Waals surface area contributed by atoms with Gasteiger partial charge >= 0.3 is 15.5 Å². The van der Waals surface area contributed by atoms with E-state index in [9.17, 15) is 21.6 Å². The van der Waals surface area contributed by atoms with E-state index in [1.165, 1.54) is 23.8 Å². The first-order valence-corrected chi connectivity index (χ1v) is 10.0. The largest absolute Gasteiger partial charge is 0.516 e. The molecule has 0 unspecified atom stereocenters. The van der Waals surface area contributed by atoms with Crippen LogP contribution in [0, 0.1) is 0 Å². The van der Waals surface area contributed by atoms with Gasteiger partial charge in [0.05, 0.1) is 21.4 Å². The van der Waals surface area contributed by atoms with Crippen molar-refractivity contribution < 1.29 is 26.4 Å². The molecule has 5 nitrogen and oxygen atoms in total. The van der Waals surface area contributed by atoms with Gasteiger partial charge in [0, 0.05) is 10.6 Å². The number of nitrogens with one attached hydrogen (secondary N) is 1. The third kappa shape index (κ3) is 5.66. The minimum Gasteiger partial charge on any atom is -0.391 e. The van der Waals surface area contributed by atoms with Crippen LogP contribution in [-0.2, 0) is 21.5 Å². The number of rotatable bonds is 6. The van der Waals surface area contributed by atoms with Crippen LogP contribution >= 0.6 is 34.8 Å². The summed E-state index contributed by atoms with van der Waals surface area (Å²) in [7, 11) is -5.61. The second-order valence-electron chi connectivity index (χ2n) is 5.44. The molecule has 0 heterocycles. The van der Waals surface area contributed by atoms with Gasteiger partial charge in [-0.3, -0.25) is 4.72 Å². The number of hydrogen-bond acceptors (Lipinski definition) is 4. The lowest BCUT2D eigenvalue weighted by Crippen LogP contribution is -2.30. The molecule has 0 atom stereocenters. The zero-order valence-corrected chi connectivity index (χ0v) is 17.1. The Labute approximate surface area is 174 Å². The number of anilines is 1. The molecule has 0 bridgehead atoms. The van der Waals surface area contributed by atoms with Gasteiger partial charge in [-0.2, -0.15) is 21.6 Å². The van der Waals surface area contributed by atoms with E-state index in [-0.39, 0.29) is 28.6 Å². The van der Waals surface area contributed by atoms with E-state index in [2.05, 4.69) is 5.16 Å². The first-order chi connectivity index (χ1) is 12.9. The highest BCUT2D eigenvalue weighted by molar-refractivity contribution is 7.93. The molecule has 0 amide bonds. The number of nitrogens with zero attached hydrogens (tertiary/aromatic N) is 1. The molecule has 0 aromatic heterocycles. The van der Waals surface area contributed by atoms with Crippen LogP contribution in [0.4, 0.5) is 18.9 Å². The van der Waals surface area contributed by atoms with Crippen molar-refractivity contribution in [2.75, 3.05) is 4.72 Å². The molecule has 0 aliphatic carbocycles. The van der Waals surface area contributed by atoms with Gasteiger partial charge in [0.1, 0.15) is 6.61 Å². The first-order valence-electron chi connectivity index (χ1n) is 7.40. The highest BCUT2D eigenvalue weighted by Gasteiger charge is 2.46. The van der Waals surface area contributed by atoms with E-state index < -0.39 is 15.5 Å². The normalized spacial score (nSPS) is 12.8. The van der Waals surface area contributed by atoms with Crippen LogP contribution in [0.25, 0.3) is 0 Å². The summed E-state index contributed by atoms with van der Waals surface area (Å²) in [6.45, 7) is 1.42. The Morgan fingerprint density at radius 1 is 1.11 bits per heavy atom. The molecule has 2 aromatic carbocycles. The van der Waals surface area contributed by atoms with E-state index in [1.807, 2.05) is 0 Å². The molecule has 0 radical (unpaired) electrons. The second kappa shape index (κ2) is 8.77. The average Bonchev–Trinajstić information content (AvgIpc) is 2.58. The summed E-state index contributed by atoms with van der Waals surface area (Å²) >= 11 is 17.6. The summed E-state index contributed by atoms with van der Waals surface area (Å²) in [4.78, 5) is 5.17. The smallest absolute Gasteiger partial charge is 0.391 e. The Bertz CT molecular complexity index is 1010. The van der Waals surface area contributed by atoms with Crippen molar-refractivity contribution in [3.63, 3.8) is 0 Å². The van der Waals surface area contributed by atoms with Crippen LogP contribution < -0.4 is 4.72 Å². The molecule has 0 saturated heterocycles. The molecule has 0 saturated carbocycles. The lowest BCUT2D eigenvalue weighted by Gasteiger charge is -2.14. The maximum absolute atomic E-state index is 12.6. The molecule has 1 N–H and O–H groups in total. The quantitative estimate of drug-likeness (QED) is 0.421. The number of benzene rings is 2. The van der Waals surface area contributed by atoms with Gasteiger partial charge < -0.3 is 4.84 Å². The van der Waals surface area contributed by atoms with Crippen LogP contribution in [0.2, 0.25) is 15.1 Å². The minimum atomic E-state index is -5.61. The van der Waals surface area contributed by atoms with Crippen molar-refractivity contribution in [2.45, 2.75) is 19.0 Å². The molecule has 0 fully saturated rings. The number of halogens is 6. The van der Waals surface area contributed by atoms with Crippen LogP contribution in [0.3, 0.4) is 0 Å². The number of oxime groups is 1. The first kappa shape index (κ1) is 22.6. The number of hydrogen-bond donors (Lipinski definition) is 1. The van der Waals surface area contributed by atoms with Gasteiger partial charge in [0.15, 0.2) is 0 Å². The van der Waals surface area contributed by atoms with Gasteiger partial charge in [0.2, 0.25) is 0 Å². The van der Waals surface area contributed by atoms with E-state index in [0.29, 0.717) is 15.6 Å². The monoisotopic (exact) mass is 474 g/mol. The molecule has 0 aliphatic rings. The van der Waals surface area contributed by atoms with Crippen molar-refractivity contribution in [3.8, 4) is 0 Å². The SMILES string of the molecule is CC(=NOCc1ccc(Cl)c(Cl)c1)c1cc(Cl)ccc1NS(=O)(=O)C(F)(F)F. The Balaban J connectivity index is 2.24. The molecule has 28 heavy (non-hydrogen) atoms. The Kier molecular flexibility index (Phi) is 7.08. The summed E-state index contributed by atoms with van der Waals surface area (Å²) < 4.78 is 62.1.